The Morgan fingerprint density at radius 2 is 2.12 bits per heavy atom. The molecule has 1 aromatic carbocycles. The highest BCUT2D eigenvalue weighted by molar-refractivity contribution is 5.74. The maximum absolute atomic E-state index is 11.2. The Morgan fingerprint density at radius 3 is 2.88 bits per heavy atom. The molecule has 3 N–H and O–H groups in total. The van der Waals surface area contributed by atoms with Gasteiger partial charge in [0.2, 0.25) is 5.91 Å². The van der Waals surface area contributed by atoms with Crippen LogP contribution in [0.4, 0.5) is 17.3 Å². The van der Waals surface area contributed by atoms with E-state index in [0.29, 0.717) is 12.3 Å². The molecule has 24 heavy (non-hydrogen) atoms. The standard InChI is InChI=1S/C18H23N5O/c1-13-20-17(22-15-7-3-2-4-8-15)11-18(21-13)23-9-5-6-14(12-23)10-16(19)24/h2-4,7-8,11,14H,5-6,9-10,12H2,1H3,(H2,19,24)(H,20,21,22). The maximum Gasteiger partial charge on any atom is 0.217 e. The highest BCUT2D eigenvalue weighted by Gasteiger charge is 2.23. The molecule has 1 aliphatic heterocycles. The van der Waals surface area contributed by atoms with E-state index >= 15 is 0 Å². The first kappa shape index (κ1) is 16.2. The van der Waals surface area contributed by atoms with E-state index in [-0.39, 0.29) is 5.91 Å². The Morgan fingerprint density at radius 1 is 1.33 bits per heavy atom. The Bertz CT molecular complexity index is 704. The number of rotatable bonds is 5. The number of carbonyl (C=O) groups is 1. The molecule has 2 aromatic rings. The van der Waals surface area contributed by atoms with E-state index in [2.05, 4.69) is 20.2 Å². The lowest BCUT2D eigenvalue weighted by molar-refractivity contribution is -0.118. The molecular formula is C18H23N5O. The molecule has 1 unspecified atom stereocenters. The lowest BCUT2D eigenvalue weighted by Crippen LogP contribution is -2.37. The summed E-state index contributed by atoms with van der Waals surface area (Å²) in [5.74, 6) is 2.47. The van der Waals surface area contributed by atoms with Crippen molar-refractivity contribution in [1.29, 1.82) is 0 Å². The Hall–Kier alpha value is -2.63. The zero-order chi connectivity index (χ0) is 16.9. The van der Waals surface area contributed by atoms with Crippen LogP contribution in [0.3, 0.4) is 0 Å². The number of aromatic nitrogens is 2. The molecule has 6 heteroatoms. The van der Waals surface area contributed by atoms with Crippen LogP contribution in [-0.2, 0) is 4.79 Å². The smallest absolute Gasteiger partial charge is 0.217 e. The van der Waals surface area contributed by atoms with Crippen molar-refractivity contribution in [2.24, 2.45) is 11.7 Å². The van der Waals surface area contributed by atoms with Crippen molar-refractivity contribution in [2.75, 3.05) is 23.3 Å². The van der Waals surface area contributed by atoms with Crippen molar-refractivity contribution in [2.45, 2.75) is 26.2 Å². The highest BCUT2D eigenvalue weighted by atomic mass is 16.1. The van der Waals surface area contributed by atoms with Gasteiger partial charge in [0, 0.05) is 31.3 Å². The molecule has 126 valence electrons. The van der Waals surface area contributed by atoms with Gasteiger partial charge in [-0.1, -0.05) is 18.2 Å². The quantitative estimate of drug-likeness (QED) is 0.883. The van der Waals surface area contributed by atoms with Crippen molar-refractivity contribution < 1.29 is 4.79 Å². The third kappa shape index (κ3) is 4.22. The lowest BCUT2D eigenvalue weighted by atomic mass is 9.94. The Kier molecular flexibility index (Phi) is 4.93. The molecule has 1 aliphatic rings. The number of hydrogen-bond donors (Lipinski definition) is 2. The van der Waals surface area contributed by atoms with Gasteiger partial charge in [0.25, 0.3) is 0 Å². The van der Waals surface area contributed by atoms with Gasteiger partial charge in [-0.3, -0.25) is 4.79 Å². The van der Waals surface area contributed by atoms with Crippen LogP contribution in [0.15, 0.2) is 36.4 Å². The Balaban J connectivity index is 1.76. The molecule has 0 spiro atoms. The molecule has 0 bridgehead atoms. The number of hydrogen-bond acceptors (Lipinski definition) is 5. The summed E-state index contributed by atoms with van der Waals surface area (Å²) in [6.07, 6.45) is 2.52. The van der Waals surface area contributed by atoms with Gasteiger partial charge in [-0.05, 0) is 37.8 Å². The zero-order valence-electron chi connectivity index (χ0n) is 13.9. The van der Waals surface area contributed by atoms with Crippen LogP contribution in [0.2, 0.25) is 0 Å². The van der Waals surface area contributed by atoms with Gasteiger partial charge in [-0.25, -0.2) is 9.97 Å². The summed E-state index contributed by atoms with van der Waals surface area (Å²) in [6, 6.07) is 11.9. The van der Waals surface area contributed by atoms with Crippen LogP contribution in [-0.4, -0.2) is 29.0 Å². The van der Waals surface area contributed by atoms with Gasteiger partial charge in [-0.15, -0.1) is 0 Å². The predicted octanol–water partition coefficient (Wildman–Crippen LogP) is 2.62. The fourth-order valence-corrected chi connectivity index (χ4v) is 3.17. The topological polar surface area (TPSA) is 84.1 Å². The van der Waals surface area contributed by atoms with Gasteiger partial charge >= 0.3 is 0 Å². The van der Waals surface area contributed by atoms with Gasteiger partial charge in [0.1, 0.15) is 17.5 Å². The van der Waals surface area contributed by atoms with Crippen molar-refractivity contribution in [3.8, 4) is 0 Å². The average molecular weight is 325 g/mol. The highest BCUT2D eigenvalue weighted by Crippen LogP contribution is 2.26. The number of aryl methyl sites for hydroxylation is 1. The monoisotopic (exact) mass is 325 g/mol. The van der Waals surface area contributed by atoms with Crippen LogP contribution in [0.25, 0.3) is 0 Å². The Labute approximate surface area is 142 Å². The number of anilines is 3. The van der Waals surface area contributed by atoms with Crippen LogP contribution in [0, 0.1) is 12.8 Å². The summed E-state index contributed by atoms with van der Waals surface area (Å²) < 4.78 is 0. The van der Waals surface area contributed by atoms with E-state index in [4.69, 9.17) is 5.73 Å². The van der Waals surface area contributed by atoms with Crippen molar-refractivity contribution in [3.05, 3.63) is 42.2 Å². The van der Waals surface area contributed by atoms with E-state index in [1.54, 1.807) is 0 Å². The van der Waals surface area contributed by atoms with E-state index in [9.17, 15) is 4.79 Å². The van der Waals surface area contributed by atoms with Crippen molar-refractivity contribution in [3.63, 3.8) is 0 Å². The number of benzene rings is 1. The maximum atomic E-state index is 11.2. The second kappa shape index (κ2) is 7.29. The second-order valence-electron chi connectivity index (χ2n) is 6.27. The number of piperidine rings is 1. The van der Waals surface area contributed by atoms with Gasteiger partial charge in [-0.2, -0.15) is 0 Å². The molecule has 3 rings (SSSR count). The first-order chi connectivity index (χ1) is 11.6. The summed E-state index contributed by atoms with van der Waals surface area (Å²) in [6.45, 7) is 3.64. The minimum atomic E-state index is -0.229. The van der Waals surface area contributed by atoms with Gasteiger partial charge in [0.05, 0.1) is 0 Å². The third-order valence-corrected chi connectivity index (χ3v) is 4.20. The number of nitrogens with zero attached hydrogens (tertiary/aromatic N) is 3. The van der Waals surface area contributed by atoms with Crippen LogP contribution >= 0.6 is 0 Å². The summed E-state index contributed by atoms with van der Waals surface area (Å²) in [5.41, 5.74) is 6.34. The van der Waals surface area contributed by atoms with Gasteiger partial charge < -0.3 is 16.0 Å². The van der Waals surface area contributed by atoms with Gasteiger partial charge in [0.15, 0.2) is 0 Å². The molecule has 1 aromatic heterocycles. The molecule has 6 nitrogen and oxygen atoms in total. The lowest BCUT2D eigenvalue weighted by Gasteiger charge is -2.33. The van der Waals surface area contributed by atoms with Crippen LogP contribution in [0.1, 0.15) is 25.1 Å². The normalized spacial score (nSPS) is 17.5. The largest absolute Gasteiger partial charge is 0.370 e. The number of carbonyl (C=O) groups excluding carboxylic acids is 1. The van der Waals surface area contributed by atoms with E-state index in [0.717, 1.165) is 49.1 Å². The number of amides is 1. The number of primary amides is 1. The molecule has 0 radical (unpaired) electrons. The molecule has 2 heterocycles. The van der Waals surface area contributed by atoms with Crippen molar-refractivity contribution in [1.82, 2.24) is 9.97 Å². The summed E-state index contributed by atoms with van der Waals surface area (Å²) in [7, 11) is 0. The van der Waals surface area contributed by atoms with Crippen LogP contribution < -0.4 is 16.0 Å². The van der Waals surface area contributed by atoms with E-state index in [1.165, 1.54) is 0 Å². The SMILES string of the molecule is Cc1nc(Nc2ccccc2)cc(N2CCCC(CC(N)=O)C2)n1. The molecular weight excluding hydrogens is 302 g/mol. The summed E-state index contributed by atoms with van der Waals surface area (Å²) in [4.78, 5) is 22.5. The molecule has 1 amide bonds. The van der Waals surface area contributed by atoms with Crippen LogP contribution in [0.5, 0.6) is 0 Å². The molecule has 1 atom stereocenters. The second-order valence-corrected chi connectivity index (χ2v) is 6.27. The third-order valence-electron chi connectivity index (χ3n) is 4.20. The summed E-state index contributed by atoms with van der Waals surface area (Å²) in [5, 5.41) is 3.32. The minimum Gasteiger partial charge on any atom is -0.370 e. The number of para-hydroxylation sites is 1. The molecule has 1 fully saturated rings. The predicted molar refractivity (Wildman–Crippen MR) is 95.2 cm³/mol. The van der Waals surface area contributed by atoms with E-state index in [1.807, 2.05) is 43.3 Å². The molecule has 0 aliphatic carbocycles. The number of nitrogens with two attached hydrogens (primary N) is 1. The zero-order valence-corrected chi connectivity index (χ0v) is 13.9. The van der Waals surface area contributed by atoms with Crippen molar-refractivity contribution >= 4 is 23.2 Å². The van der Waals surface area contributed by atoms with E-state index < -0.39 is 0 Å². The first-order valence-electron chi connectivity index (χ1n) is 8.31. The average Bonchev–Trinajstić information content (AvgIpc) is 2.55. The summed E-state index contributed by atoms with van der Waals surface area (Å²) >= 11 is 0. The molecule has 0 saturated carbocycles. The minimum absolute atomic E-state index is 0.229. The fourth-order valence-electron chi connectivity index (χ4n) is 3.17. The fraction of sp³-hybridized carbons (Fsp3) is 0.389. The molecule has 1 saturated heterocycles. The first-order valence-corrected chi connectivity index (χ1v) is 8.31. The number of nitrogens with one attached hydrogen (secondary N) is 1.